The minimum atomic E-state index is -3.65. The second-order valence-electron chi connectivity index (χ2n) is 6.40. The molecule has 1 heterocycles. The number of nitrogens with one attached hydrogen (secondary N) is 1. The van der Waals surface area contributed by atoms with E-state index in [2.05, 4.69) is 4.72 Å². The Kier molecular flexibility index (Phi) is 6.64. The van der Waals surface area contributed by atoms with Gasteiger partial charge in [0, 0.05) is 6.08 Å². The normalized spacial score (nSPS) is 11.6. The lowest BCUT2D eigenvalue weighted by molar-refractivity contribution is -0.138. The molecule has 1 aromatic heterocycles. The second kappa shape index (κ2) is 9.36. The maximum absolute atomic E-state index is 12.3. The third-order valence-electron chi connectivity index (χ3n) is 4.08. The van der Waals surface area contributed by atoms with Gasteiger partial charge >= 0.3 is 5.97 Å². The number of hydrogen-bond donors (Lipinski definition) is 1. The standard InChI is InChI=1S/C22H21NO5S/c1-17-4-2-5-19(14-17)16-28-22(24)12-9-18-7-10-21(11-8-18)29(25,26)23-15-20-6-3-13-27-20/h2-14,23H,15-16H2,1H3/b12-9+. The number of hydrogen-bond acceptors (Lipinski definition) is 5. The van der Waals surface area contributed by atoms with Gasteiger partial charge in [0.25, 0.3) is 0 Å². The van der Waals surface area contributed by atoms with Gasteiger partial charge in [-0.3, -0.25) is 0 Å². The molecule has 0 aliphatic rings. The SMILES string of the molecule is Cc1cccc(COC(=O)/C=C/c2ccc(S(=O)(=O)NCc3ccco3)cc2)c1. The molecular weight excluding hydrogens is 390 g/mol. The Labute approximate surface area is 169 Å². The van der Waals surface area contributed by atoms with E-state index in [0.29, 0.717) is 11.3 Å². The summed E-state index contributed by atoms with van der Waals surface area (Å²) in [4.78, 5) is 12.0. The van der Waals surface area contributed by atoms with E-state index in [9.17, 15) is 13.2 Å². The van der Waals surface area contributed by atoms with Crippen molar-refractivity contribution in [2.45, 2.75) is 25.0 Å². The topological polar surface area (TPSA) is 85.6 Å². The Morgan fingerprint density at radius 2 is 1.90 bits per heavy atom. The van der Waals surface area contributed by atoms with Crippen LogP contribution in [0.2, 0.25) is 0 Å². The molecule has 0 aliphatic carbocycles. The van der Waals surface area contributed by atoms with E-state index in [4.69, 9.17) is 9.15 Å². The summed E-state index contributed by atoms with van der Waals surface area (Å²) in [6.45, 7) is 2.24. The van der Waals surface area contributed by atoms with Gasteiger partial charge < -0.3 is 9.15 Å². The van der Waals surface area contributed by atoms with Crippen molar-refractivity contribution >= 4 is 22.1 Å². The van der Waals surface area contributed by atoms with Crippen molar-refractivity contribution in [1.29, 1.82) is 0 Å². The highest BCUT2D eigenvalue weighted by Gasteiger charge is 2.14. The molecule has 0 bridgehead atoms. The fourth-order valence-corrected chi connectivity index (χ4v) is 3.58. The van der Waals surface area contributed by atoms with Crippen LogP contribution in [0, 0.1) is 6.92 Å². The van der Waals surface area contributed by atoms with Crippen LogP contribution < -0.4 is 4.72 Å². The minimum Gasteiger partial charge on any atom is -0.468 e. The first-order chi connectivity index (χ1) is 13.9. The van der Waals surface area contributed by atoms with Gasteiger partial charge in [-0.1, -0.05) is 42.0 Å². The Morgan fingerprint density at radius 3 is 2.59 bits per heavy atom. The van der Waals surface area contributed by atoms with Crippen molar-refractivity contribution in [3.05, 3.63) is 95.5 Å². The lowest BCUT2D eigenvalue weighted by Gasteiger charge is -2.06. The molecule has 6 nitrogen and oxygen atoms in total. The van der Waals surface area contributed by atoms with E-state index in [1.54, 1.807) is 30.3 Å². The number of carbonyl (C=O) groups excluding carboxylic acids is 1. The van der Waals surface area contributed by atoms with E-state index in [0.717, 1.165) is 11.1 Å². The summed E-state index contributed by atoms with van der Waals surface area (Å²) in [5.41, 5.74) is 2.70. The molecule has 0 fully saturated rings. The van der Waals surface area contributed by atoms with Gasteiger partial charge in [-0.25, -0.2) is 17.9 Å². The summed E-state index contributed by atoms with van der Waals surface area (Å²) < 4.78 is 37.4. The molecule has 0 atom stereocenters. The monoisotopic (exact) mass is 411 g/mol. The van der Waals surface area contributed by atoms with Crippen LogP contribution in [-0.2, 0) is 32.7 Å². The highest BCUT2D eigenvalue weighted by atomic mass is 32.2. The summed E-state index contributed by atoms with van der Waals surface area (Å²) >= 11 is 0. The van der Waals surface area contributed by atoms with Crippen molar-refractivity contribution in [2.75, 3.05) is 0 Å². The second-order valence-corrected chi connectivity index (χ2v) is 8.17. The van der Waals surface area contributed by atoms with Crippen LogP contribution in [-0.4, -0.2) is 14.4 Å². The molecule has 2 aromatic carbocycles. The number of sulfonamides is 1. The molecule has 0 unspecified atom stereocenters. The predicted octanol–water partition coefficient (Wildman–Crippen LogP) is 3.82. The molecule has 0 aliphatic heterocycles. The number of carbonyl (C=O) groups is 1. The Morgan fingerprint density at radius 1 is 1.10 bits per heavy atom. The summed E-state index contributed by atoms with van der Waals surface area (Å²) in [6, 6.07) is 17.3. The number of rotatable bonds is 8. The van der Waals surface area contributed by atoms with Crippen LogP contribution in [0.15, 0.2) is 82.3 Å². The van der Waals surface area contributed by atoms with Crippen LogP contribution in [0.4, 0.5) is 0 Å². The fourth-order valence-electron chi connectivity index (χ4n) is 2.59. The van der Waals surface area contributed by atoms with E-state index >= 15 is 0 Å². The number of ether oxygens (including phenoxy) is 1. The summed E-state index contributed by atoms with van der Waals surface area (Å²) in [5.74, 6) is 0.0561. The smallest absolute Gasteiger partial charge is 0.331 e. The third-order valence-corrected chi connectivity index (χ3v) is 5.50. The van der Waals surface area contributed by atoms with Gasteiger partial charge in [0.05, 0.1) is 17.7 Å². The molecule has 0 saturated heterocycles. The van der Waals surface area contributed by atoms with E-state index in [1.807, 2.05) is 31.2 Å². The molecule has 0 amide bonds. The molecule has 3 aromatic rings. The van der Waals surface area contributed by atoms with E-state index in [-0.39, 0.29) is 18.0 Å². The molecule has 1 N–H and O–H groups in total. The van der Waals surface area contributed by atoms with Crippen LogP contribution in [0.1, 0.15) is 22.5 Å². The Hall–Kier alpha value is -3.16. The van der Waals surface area contributed by atoms with Crippen LogP contribution >= 0.6 is 0 Å². The zero-order valence-electron chi connectivity index (χ0n) is 15.9. The van der Waals surface area contributed by atoms with Crippen molar-refractivity contribution in [1.82, 2.24) is 4.72 Å². The van der Waals surface area contributed by atoms with Crippen molar-refractivity contribution < 1.29 is 22.4 Å². The molecule has 7 heteroatoms. The van der Waals surface area contributed by atoms with Gasteiger partial charge in [-0.05, 0) is 48.4 Å². The first-order valence-corrected chi connectivity index (χ1v) is 10.4. The predicted molar refractivity (Wildman–Crippen MR) is 109 cm³/mol. The molecule has 0 saturated carbocycles. The van der Waals surface area contributed by atoms with Crippen LogP contribution in [0.25, 0.3) is 6.08 Å². The maximum atomic E-state index is 12.3. The van der Waals surface area contributed by atoms with Crippen molar-refractivity contribution in [3.63, 3.8) is 0 Å². The highest BCUT2D eigenvalue weighted by molar-refractivity contribution is 7.89. The van der Waals surface area contributed by atoms with Crippen LogP contribution in [0.5, 0.6) is 0 Å². The third kappa shape index (κ3) is 6.17. The number of esters is 1. The fraction of sp³-hybridized carbons (Fsp3) is 0.136. The zero-order chi connectivity index (χ0) is 20.7. The molecule has 150 valence electrons. The quantitative estimate of drug-likeness (QED) is 0.450. The largest absolute Gasteiger partial charge is 0.468 e. The summed E-state index contributed by atoms with van der Waals surface area (Å²) in [5, 5.41) is 0. The van der Waals surface area contributed by atoms with Crippen LogP contribution in [0.3, 0.4) is 0 Å². The Balaban J connectivity index is 1.54. The average molecular weight is 411 g/mol. The van der Waals surface area contributed by atoms with E-state index < -0.39 is 16.0 Å². The van der Waals surface area contributed by atoms with Gasteiger partial charge in [-0.2, -0.15) is 0 Å². The van der Waals surface area contributed by atoms with Crippen molar-refractivity contribution in [2.24, 2.45) is 0 Å². The summed E-state index contributed by atoms with van der Waals surface area (Å²) in [6.07, 6.45) is 4.37. The molecule has 29 heavy (non-hydrogen) atoms. The van der Waals surface area contributed by atoms with Gasteiger partial charge in [0.1, 0.15) is 12.4 Å². The lowest BCUT2D eigenvalue weighted by Crippen LogP contribution is -2.22. The van der Waals surface area contributed by atoms with Gasteiger partial charge in [-0.15, -0.1) is 0 Å². The number of aryl methyl sites for hydroxylation is 1. The molecular formula is C22H21NO5S. The van der Waals surface area contributed by atoms with Gasteiger partial charge in [0.2, 0.25) is 10.0 Å². The van der Waals surface area contributed by atoms with Gasteiger partial charge in [0.15, 0.2) is 0 Å². The highest BCUT2D eigenvalue weighted by Crippen LogP contribution is 2.13. The van der Waals surface area contributed by atoms with E-state index in [1.165, 1.54) is 24.5 Å². The molecule has 0 spiro atoms. The number of benzene rings is 2. The average Bonchev–Trinajstić information content (AvgIpc) is 3.23. The van der Waals surface area contributed by atoms with Crippen molar-refractivity contribution in [3.8, 4) is 0 Å². The first-order valence-electron chi connectivity index (χ1n) is 8.95. The Bertz CT molecular complexity index is 1080. The minimum absolute atomic E-state index is 0.0732. The zero-order valence-corrected chi connectivity index (χ0v) is 16.7. The first kappa shape index (κ1) is 20.6. The summed E-state index contributed by atoms with van der Waals surface area (Å²) in [7, 11) is -3.65. The molecule has 0 radical (unpaired) electrons. The molecule has 3 rings (SSSR count). The maximum Gasteiger partial charge on any atom is 0.331 e. The number of furan rings is 1. The lowest BCUT2D eigenvalue weighted by atomic mass is 10.1.